The van der Waals surface area contributed by atoms with Crippen LogP contribution in [0.2, 0.25) is 0 Å². The summed E-state index contributed by atoms with van der Waals surface area (Å²) in [5.41, 5.74) is 0.893. The Morgan fingerprint density at radius 1 is 1.25 bits per heavy atom. The summed E-state index contributed by atoms with van der Waals surface area (Å²) < 4.78 is 10.6. The first-order chi connectivity index (χ1) is 9.80. The molecule has 0 spiro atoms. The lowest BCUT2D eigenvalue weighted by Gasteiger charge is -2.21. The fraction of sp³-hybridized carbons (Fsp3) is 0.714. The van der Waals surface area contributed by atoms with Crippen LogP contribution in [0.1, 0.15) is 31.7 Å². The smallest absolute Gasteiger partial charge is 0.224 e. The standard InChI is InChI=1S/C14H23N3O2S/c1-4-20-12-7-5-6-11(12)15-8-10-13(18-2)16-9-17-14(10)19-3/h9,11-12,15H,4-8H2,1-3H3. The van der Waals surface area contributed by atoms with Gasteiger partial charge >= 0.3 is 0 Å². The lowest BCUT2D eigenvalue weighted by molar-refractivity contribution is 0.356. The molecule has 0 amide bonds. The maximum atomic E-state index is 5.30. The second-order valence-electron chi connectivity index (χ2n) is 4.78. The minimum Gasteiger partial charge on any atom is -0.481 e. The average molecular weight is 297 g/mol. The monoisotopic (exact) mass is 297 g/mol. The quantitative estimate of drug-likeness (QED) is 0.833. The molecule has 2 unspecified atom stereocenters. The molecule has 1 aliphatic rings. The van der Waals surface area contributed by atoms with Gasteiger partial charge in [-0.25, -0.2) is 9.97 Å². The highest BCUT2D eigenvalue weighted by Gasteiger charge is 2.27. The summed E-state index contributed by atoms with van der Waals surface area (Å²) in [6.07, 6.45) is 5.30. The van der Waals surface area contributed by atoms with Crippen LogP contribution in [0.4, 0.5) is 0 Å². The molecule has 0 aliphatic heterocycles. The van der Waals surface area contributed by atoms with Crippen LogP contribution in [0.15, 0.2) is 6.33 Å². The van der Waals surface area contributed by atoms with E-state index in [-0.39, 0.29) is 0 Å². The van der Waals surface area contributed by atoms with E-state index in [9.17, 15) is 0 Å². The van der Waals surface area contributed by atoms with Crippen LogP contribution < -0.4 is 14.8 Å². The Balaban J connectivity index is 2.03. The molecule has 0 radical (unpaired) electrons. The van der Waals surface area contributed by atoms with Gasteiger partial charge in [-0.05, 0) is 18.6 Å². The molecule has 1 aromatic heterocycles. The van der Waals surface area contributed by atoms with Crippen molar-refractivity contribution in [3.05, 3.63) is 11.9 Å². The predicted molar refractivity (Wildman–Crippen MR) is 81.5 cm³/mol. The number of hydrogen-bond donors (Lipinski definition) is 1. The van der Waals surface area contributed by atoms with Crippen LogP contribution in [0.25, 0.3) is 0 Å². The van der Waals surface area contributed by atoms with E-state index in [2.05, 4.69) is 22.2 Å². The van der Waals surface area contributed by atoms with Gasteiger partial charge in [0.1, 0.15) is 6.33 Å². The molecule has 112 valence electrons. The Kier molecular flexibility index (Phi) is 5.91. The van der Waals surface area contributed by atoms with E-state index in [1.54, 1.807) is 14.2 Å². The number of thioether (sulfide) groups is 1. The van der Waals surface area contributed by atoms with E-state index in [4.69, 9.17) is 9.47 Å². The zero-order valence-electron chi connectivity index (χ0n) is 12.4. The van der Waals surface area contributed by atoms with Gasteiger partial charge < -0.3 is 14.8 Å². The largest absolute Gasteiger partial charge is 0.481 e. The Morgan fingerprint density at radius 3 is 2.55 bits per heavy atom. The van der Waals surface area contributed by atoms with Gasteiger partial charge in [0, 0.05) is 17.8 Å². The Morgan fingerprint density at radius 2 is 1.95 bits per heavy atom. The molecule has 0 aromatic carbocycles. The van der Waals surface area contributed by atoms with Crippen molar-refractivity contribution in [2.45, 2.75) is 44.0 Å². The Bertz CT molecular complexity index is 409. The fourth-order valence-electron chi connectivity index (χ4n) is 2.69. The first kappa shape index (κ1) is 15.4. The SMILES string of the molecule is CCSC1CCCC1NCc1c(OC)ncnc1OC. The van der Waals surface area contributed by atoms with Crippen LogP contribution >= 0.6 is 11.8 Å². The van der Waals surface area contributed by atoms with Crippen molar-refractivity contribution in [3.63, 3.8) is 0 Å². The van der Waals surface area contributed by atoms with Crippen molar-refractivity contribution in [2.24, 2.45) is 0 Å². The Hall–Kier alpha value is -1.01. The summed E-state index contributed by atoms with van der Waals surface area (Å²) in [6, 6.07) is 0.551. The molecule has 2 atom stereocenters. The van der Waals surface area contributed by atoms with Gasteiger partial charge in [0.2, 0.25) is 11.8 Å². The molecule has 20 heavy (non-hydrogen) atoms. The van der Waals surface area contributed by atoms with Crippen LogP contribution in [0.3, 0.4) is 0 Å². The van der Waals surface area contributed by atoms with E-state index in [1.165, 1.54) is 31.3 Å². The highest BCUT2D eigenvalue weighted by molar-refractivity contribution is 7.99. The minimum absolute atomic E-state index is 0.551. The topological polar surface area (TPSA) is 56.3 Å². The molecule has 1 fully saturated rings. The van der Waals surface area contributed by atoms with Gasteiger partial charge in [-0.15, -0.1) is 0 Å². The number of nitrogens with zero attached hydrogens (tertiary/aromatic N) is 2. The van der Waals surface area contributed by atoms with Crippen molar-refractivity contribution in [3.8, 4) is 11.8 Å². The maximum Gasteiger partial charge on any atom is 0.224 e. The molecule has 5 nitrogen and oxygen atoms in total. The minimum atomic E-state index is 0.551. The zero-order chi connectivity index (χ0) is 14.4. The first-order valence-electron chi connectivity index (χ1n) is 7.07. The summed E-state index contributed by atoms with van der Waals surface area (Å²) in [5.74, 6) is 2.34. The number of ether oxygens (including phenoxy) is 2. The molecular formula is C14H23N3O2S. The molecule has 6 heteroatoms. The van der Waals surface area contributed by atoms with Crippen LogP contribution in [0.5, 0.6) is 11.8 Å². The third-order valence-electron chi connectivity index (χ3n) is 3.63. The third-order valence-corrected chi connectivity index (χ3v) is 4.95. The summed E-state index contributed by atoms with van der Waals surface area (Å²) >= 11 is 2.05. The lowest BCUT2D eigenvalue weighted by Crippen LogP contribution is -2.34. The molecule has 1 saturated carbocycles. The summed E-state index contributed by atoms with van der Waals surface area (Å²) in [6.45, 7) is 2.90. The van der Waals surface area contributed by atoms with Gasteiger partial charge in [-0.2, -0.15) is 11.8 Å². The lowest BCUT2D eigenvalue weighted by atomic mass is 10.2. The van der Waals surface area contributed by atoms with Crippen molar-refractivity contribution in [1.29, 1.82) is 0 Å². The van der Waals surface area contributed by atoms with E-state index >= 15 is 0 Å². The summed E-state index contributed by atoms with van der Waals surface area (Å²) in [7, 11) is 3.24. The number of methoxy groups -OCH3 is 2. The van der Waals surface area contributed by atoms with E-state index in [1.807, 2.05) is 11.8 Å². The normalized spacial score (nSPS) is 21.9. The van der Waals surface area contributed by atoms with Crippen LogP contribution in [0, 0.1) is 0 Å². The summed E-state index contributed by atoms with van der Waals surface area (Å²) in [5, 5.41) is 4.33. The van der Waals surface area contributed by atoms with Crippen molar-refractivity contribution in [2.75, 3.05) is 20.0 Å². The van der Waals surface area contributed by atoms with Crippen molar-refractivity contribution in [1.82, 2.24) is 15.3 Å². The van der Waals surface area contributed by atoms with Crippen molar-refractivity contribution >= 4 is 11.8 Å². The molecule has 0 saturated heterocycles. The van der Waals surface area contributed by atoms with Gasteiger partial charge in [-0.3, -0.25) is 0 Å². The molecule has 2 rings (SSSR count). The number of aromatic nitrogens is 2. The van der Waals surface area contributed by atoms with E-state index in [0.717, 1.165) is 5.56 Å². The highest BCUT2D eigenvalue weighted by Crippen LogP contribution is 2.31. The third kappa shape index (κ3) is 3.55. The second-order valence-corrected chi connectivity index (χ2v) is 6.30. The molecule has 1 aliphatic carbocycles. The number of nitrogens with one attached hydrogen (secondary N) is 1. The highest BCUT2D eigenvalue weighted by atomic mass is 32.2. The number of hydrogen-bond acceptors (Lipinski definition) is 6. The van der Waals surface area contributed by atoms with E-state index in [0.29, 0.717) is 29.6 Å². The maximum absolute atomic E-state index is 5.30. The summed E-state index contributed by atoms with van der Waals surface area (Å²) in [4.78, 5) is 8.30. The van der Waals surface area contributed by atoms with Crippen molar-refractivity contribution < 1.29 is 9.47 Å². The fourth-order valence-corrected chi connectivity index (χ4v) is 3.92. The van der Waals surface area contributed by atoms with Gasteiger partial charge in [-0.1, -0.05) is 13.3 Å². The average Bonchev–Trinajstić information content (AvgIpc) is 2.92. The molecule has 1 aromatic rings. The van der Waals surface area contributed by atoms with Crippen LogP contribution in [-0.4, -0.2) is 41.2 Å². The van der Waals surface area contributed by atoms with Crippen LogP contribution in [-0.2, 0) is 6.54 Å². The number of rotatable bonds is 7. The molecular weight excluding hydrogens is 274 g/mol. The Labute approximate surface area is 124 Å². The first-order valence-corrected chi connectivity index (χ1v) is 8.11. The van der Waals surface area contributed by atoms with Gasteiger partial charge in [0.15, 0.2) is 0 Å². The van der Waals surface area contributed by atoms with Gasteiger partial charge in [0.25, 0.3) is 0 Å². The zero-order valence-corrected chi connectivity index (χ0v) is 13.2. The second kappa shape index (κ2) is 7.69. The van der Waals surface area contributed by atoms with E-state index < -0.39 is 0 Å². The molecule has 0 bridgehead atoms. The predicted octanol–water partition coefficient (Wildman–Crippen LogP) is 2.26. The molecule has 1 N–H and O–H groups in total. The van der Waals surface area contributed by atoms with Gasteiger partial charge in [0.05, 0.1) is 19.8 Å². The molecule has 1 heterocycles.